The average Bonchev–Trinajstić information content (AvgIpc) is 2.87. The molecular formula is C14H18N4O3. The zero-order valence-corrected chi connectivity index (χ0v) is 11.4. The molecule has 21 heavy (non-hydrogen) atoms. The van der Waals surface area contributed by atoms with Crippen molar-refractivity contribution in [3.8, 4) is 0 Å². The first-order valence-corrected chi connectivity index (χ1v) is 6.54. The molecule has 0 radical (unpaired) electrons. The highest BCUT2D eigenvalue weighted by Crippen LogP contribution is 2.18. The predicted octanol–water partition coefficient (Wildman–Crippen LogP) is -1.000. The number of hydrogen-bond acceptors (Lipinski definition) is 4. The van der Waals surface area contributed by atoms with E-state index in [4.69, 9.17) is 11.5 Å². The summed E-state index contributed by atoms with van der Waals surface area (Å²) in [5, 5.41) is 12.6. The standard InChI is InChI=1S/C14H18N4O3/c15-10(14(21)18-7-12(19)13(16)20)5-8-6-17-11-4-2-1-3-9(8)11/h1-4,6,10,12,17,19H,5,7,15H2,(H2,16,20)(H,18,21)/t10-,12?/m0/s1. The molecular weight excluding hydrogens is 272 g/mol. The van der Waals surface area contributed by atoms with Crippen LogP contribution in [0.4, 0.5) is 0 Å². The Balaban J connectivity index is 1.96. The molecule has 2 rings (SSSR count). The molecule has 7 nitrogen and oxygen atoms in total. The van der Waals surface area contributed by atoms with E-state index in [0.29, 0.717) is 6.42 Å². The van der Waals surface area contributed by atoms with Gasteiger partial charge in [0.1, 0.15) is 6.10 Å². The van der Waals surface area contributed by atoms with Crippen LogP contribution < -0.4 is 16.8 Å². The van der Waals surface area contributed by atoms with Gasteiger partial charge in [-0.05, 0) is 18.1 Å². The van der Waals surface area contributed by atoms with Crippen molar-refractivity contribution in [2.45, 2.75) is 18.6 Å². The minimum atomic E-state index is -1.41. The Hall–Kier alpha value is -2.38. The van der Waals surface area contributed by atoms with Crippen molar-refractivity contribution < 1.29 is 14.7 Å². The van der Waals surface area contributed by atoms with Gasteiger partial charge in [0.05, 0.1) is 12.6 Å². The topological polar surface area (TPSA) is 134 Å². The molecule has 0 bridgehead atoms. The molecule has 0 aliphatic heterocycles. The van der Waals surface area contributed by atoms with Gasteiger partial charge in [-0.2, -0.15) is 0 Å². The van der Waals surface area contributed by atoms with Gasteiger partial charge in [0.2, 0.25) is 11.8 Å². The van der Waals surface area contributed by atoms with Gasteiger partial charge in [0, 0.05) is 17.1 Å². The number of H-pyrrole nitrogens is 1. The molecule has 7 heteroatoms. The van der Waals surface area contributed by atoms with Crippen LogP contribution in [-0.2, 0) is 16.0 Å². The van der Waals surface area contributed by atoms with Gasteiger partial charge in [-0.25, -0.2) is 0 Å². The second-order valence-electron chi connectivity index (χ2n) is 4.83. The largest absolute Gasteiger partial charge is 0.381 e. The van der Waals surface area contributed by atoms with E-state index < -0.39 is 24.0 Å². The van der Waals surface area contributed by atoms with Crippen molar-refractivity contribution in [3.05, 3.63) is 36.0 Å². The van der Waals surface area contributed by atoms with E-state index in [0.717, 1.165) is 16.5 Å². The first kappa shape index (κ1) is 15.0. The lowest BCUT2D eigenvalue weighted by Gasteiger charge is -2.13. The Morgan fingerprint density at radius 3 is 2.76 bits per heavy atom. The number of aliphatic hydroxyl groups excluding tert-OH is 1. The van der Waals surface area contributed by atoms with Crippen LogP contribution in [0.1, 0.15) is 5.56 Å². The first-order valence-electron chi connectivity index (χ1n) is 6.54. The highest BCUT2D eigenvalue weighted by Gasteiger charge is 2.18. The highest BCUT2D eigenvalue weighted by atomic mass is 16.3. The second kappa shape index (κ2) is 6.38. The SMILES string of the molecule is NC(=O)C(O)CNC(=O)[C@@H](N)Cc1c[nH]c2ccccc12. The minimum Gasteiger partial charge on any atom is -0.381 e. The van der Waals surface area contributed by atoms with E-state index in [1.165, 1.54) is 0 Å². The lowest BCUT2D eigenvalue weighted by molar-refractivity contribution is -0.127. The summed E-state index contributed by atoms with van der Waals surface area (Å²) in [6, 6.07) is 6.94. The average molecular weight is 290 g/mol. The predicted molar refractivity (Wildman–Crippen MR) is 78.2 cm³/mol. The van der Waals surface area contributed by atoms with Crippen LogP contribution in [0.25, 0.3) is 10.9 Å². The van der Waals surface area contributed by atoms with Crippen molar-refractivity contribution in [3.63, 3.8) is 0 Å². The minimum absolute atomic E-state index is 0.240. The fraction of sp³-hybridized carbons (Fsp3) is 0.286. The number of carbonyl (C=O) groups is 2. The Morgan fingerprint density at radius 1 is 1.33 bits per heavy atom. The van der Waals surface area contributed by atoms with Crippen molar-refractivity contribution in [2.75, 3.05) is 6.54 Å². The van der Waals surface area contributed by atoms with Gasteiger partial charge >= 0.3 is 0 Å². The fourth-order valence-corrected chi connectivity index (χ4v) is 2.06. The summed E-state index contributed by atoms with van der Waals surface area (Å²) in [4.78, 5) is 25.6. The molecule has 2 amide bonds. The Kier molecular flexibility index (Phi) is 4.56. The molecule has 0 aliphatic rings. The molecule has 0 fully saturated rings. The number of aromatic nitrogens is 1. The van der Waals surface area contributed by atoms with Gasteiger partial charge in [-0.1, -0.05) is 18.2 Å². The van der Waals surface area contributed by atoms with Crippen LogP contribution in [-0.4, -0.2) is 40.6 Å². The van der Waals surface area contributed by atoms with Crippen LogP contribution in [0, 0.1) is 0 Å². The van der Waals surface area contributed by atoms with Crippen LogP contribution in [0.15, 0.2) is 30.5 Å². The molecule has 0 aliphatic carbocycles. The number of amides is 2. The Bertz CT molecular complexity index is 652. The van der Waals surface area contributed by atoms with E-state index in [2.05, 4.69) is 10.3 Å². The van der Waals surface area contributed by atoms with Crippen molar-refractivity contribution >= 4 is 22.7 Å². The van der Waals surface area contributed by atoms with Gasteiger partial charge in [-0.15, -0.1) is 0 Å². The summed E-state index contributed by atoms with van der Waals surface area (Å²) in [5.41, 5.74) is 12.6. The summed E-state index contributed by atoms with van der Waals surface area (Å²) in [6.07, 6.45) is 0.757. The molecule has 112 valence electrons. The van der Waals surface area contributed by atoms with Gasteiger partial charge in [-0.3, -0.25) is 9.59 Å². The quantitative estimate of drug-likeness (QED) is 0.466. The molecule has 1 aromatic heterocycles. The molecule has 1 unspecified atom stereocenters. The molecule has 7 N–H and O–H groups in total. The normalized spacial score (nSPS) is 13.8. The molecule has 2 aromatic rings. The first-order chi connectivity index (χ1) is 9.99. The molecule has 0 saturated heterocycles. The van der Waals surface area contributed by atoms with Gasteiger partial charge in [0.25, 0.3) is 0 Å². The van der Waals surface area contributed by atoms with Crippen LogP contribution in [0.2, 0.25) is 0 Å². The van der Waals surface area contributed by atoms with E-state index in [1.807, 2.05) is 30.5 Å². The third-order valence-corrected chi connectivity index (χ3v) is 3.25. The third-order valence-electron chi connectivity index (χ3n) is 3.25. The molecule has 0 saturated carbocycles. The maximum absolute atomic E-state index is 11.8. The zero-order chi connectivity index (χ0) is 15.4. The number of fused-ring (bicyclic) bond motifs is 1. The van der Waals surface area contributed by atoms with Crippen molar-refractivity contribution in [1.82, 2.24) is 10.3 Å². The fourth-order valence-electron chi connectivity index (χ4n) is 2.06. The Morgan fingerprint density at radius 2 is 2.05 bits per heavy atom. The van der Waals surface area contributed by atoms with E-state index in [9.17, 15) is 14.7 Å². The summed E-state index contributed by atoms with van der Waals surface area (Å²) in [5.74, 6) is -1.33. The lowest BCUT2D eigenvalue weighted by atomic mass is 10.1. The molecule has 2 atom stereocenters. The van der Waals surface area contributed by atoms with Gasteiger partial charge in [0.15, 0.2) is 0 Å². The highest BCUT2D eigenvalue weighted by molar-refractivity contribution is 5.86. The van der Waals surface area contributed by atoms with Crippen molar-refractivity contribution in [2.24, 2.45) is 11.5 Å². The number of aliphatic hydroxyl groups is 1. The van der Waals surface area contributed by atoms with Crippen molar-refractivity contribution in [1.29, 1.82) is 0 Å². The monoisotopic (exact) mass is 290 g/mol. The maximum Gasteiger partial charge on any atom is 0.248 e. The van der Waals surface area contributed by atoms with Gasteiger partial charge < -0.3 is 26.9 Å². The third kappa shape index (κ3) is 3.59. The summed E-state index contributed by atoms with van der Waals surface area (Å²) < 4.78 is 0. The lowest BCUT2D eigenvalue weighted by Crippen LogP contribution is -2.47. The number of benzene rings is 1. The molecule has 0 spiro atoms. The van der Waals surface area contributed by atoms with E-state index >= 15 is 0 Å². The number of hydrogen-bond donors (Lipinski definition) is 5. The smallest absolute Gasteiger partial charge is 0.248 e. The number of carbonyl (C=O) groups excluding carboxylic acids is 2. The molecule has 1 heterocycles. The number of aromatic amines is 1. The van der Waals surface area contributed by atoms with Crippen LogP contribution in [0.5, 0.6) is 0 Å². The number of para-hydroxylation sites is 1. The van der Waals surface area contributed by atoms with Crippen LogP contribution in [0.3, 0.4) is 0 Å². The summed E-state index contributed by atoms with van der Waals surface area (Å²) in [6.45, 7) is -0.240. The number of primary amides is 1. The molecule has 1 aromatic carbocycles. The van der Waals surface area contributed by atoms with E-state index in [1.54, 1.807) is 0 Å². The maximum atomic E-state index is 11.8. The Labute approximate surface area is 121 Å². The number of rotatable bonds is 6. The zero-order valence-electron chi connectivity index (χ0n) is 11.4. The van der Waals surface area contributed by atoms with E-state index in [-0.39, 0.29) is 6.54 Å². The van der Waals surface area contributed by atoms with Crippen LogP contribution >= 0.6 is 0 Å². The number of nitrogens with one attached hydrogen (secondary N) is 2. The summed E-state index contributed by atoms with van der Waals surface area (Å²) >= 11 is 0. The summed E-state index contributed by atoms with van der Waals surface area (Å²) in [7, 11) is 0. The number of nitrogens with two attached hydrogens (primary N) is 2. The second-order valence-corrected chi connectivity index (χ2v) is 4.83.